The van der Waals surface area contributed by atoms with Crippen molar-refractivity contribution in [2.45, 2.75) is 13.3 Å². The molecule has 1 aliphatic rings. The summed E-state index contributed by atoms with van der Waals surface area (Å²) in [5.74, 6) is 0.710. The molecule has 164 valence electrons. The normalized spacial score (nSPS) is 16.8. The lowest BCUT2D eigenvalue weighted by Crippen LogP contribution is -2.12. The van der Waals surface area contributed by atoms with Crippen molar-refractivity contribution < 1.29 is 18.7 Å². The van der Waals surface area contributed by atoms with Crippen LogP contribution in [0.15, 0.2) is 48.5 Å². The number of carbonyl (C=O) groups excluding carboxylic acids is 1. The number of benzene rings is 2. The SMILES string of the molecule is CCOC(=O)[C@@H]1C[C@H]1CNc1cc(-c2ccc(C#N)c(F)c2)n(-c2ccc(OC)cc2)n1. The molecule has 1 aliphatic carbocycles. The average Bonchev–Trinajstić information content (AvgIpc) is 3.47. The minimum absolute atomic E-state index is 0.0126. The molecule has 0 bridgehead atoms. The number of carbonyl (C=O) groups is 1. The van der Waals surface area contributed by atoms with Crippen molar-refractivity contribution in [2.24, 2.45) is 11.8 Å². The minimum Gasteiger partial charge on any atom is -0.497 e. The first-order valence-corrected chi connectivity index (χ1v) is 10.4. The standard InChI is InChI=1S/C24H23FN4O3/c1-3-32-24(30)20-10-17(20)14-27-23-12-22(15-4-5-16(13-26)21(25)11-15)29(28-23)18-6-8-19(31-2)9-7-18/h4-9,11-12,17,20H,3,10,14H2,1-2H3,(H,27,28)/t17-,20+/m0/s1. The molecular formula is C24H23FN4O3. The van der Waals surface area contributed by atoms with Crippen LogP contribution in [-0.2, 0) is 9.53 Å². The number of ether oxygens (including phenoxy) is 2. The molecule has 3 aromatic rings. The van der Waals surface area contributed by atoms with Gasteiger partial charge in [-0.3, -0.25) is 4.79 Å². The number of nitrogens with one attached hydrogen (secondary N) is 1. The molecule has 1 aromatic heterocycles. The number of rotatable bonds is 8. The fourth-order valence-corrected chi connectivity index (χ4v) is 3.61. The Hall–Kier alpha value is -3.86. The Morgan fingerprint density at radius 3 is 2.72 bits per heavy atom. The van der Waals surface area contributed by atoms with Gasteiger partial charge in [0.2, 0.25) is 0 Å². The lowest BCUT2D eigenvalue weighted by molar-refractivity contribution is -0.145. The quantitative estimate of drug-likeness (QED) is 0.536. The van der Waals surface area contributed by atoms with E-state index in [1.807, 2.05) is 36.4 Å². The maximum Gasteiger partial charge on any atom is 0.309 e. The molecule has 2 atom stereocenters. The van der Waals surface area contributed by atoms with Crippen LogP contribution in [0, 0.1) is 29.0 Å². The lowest BCUT2D eigenvalue weighted by Gasteiger charge is -2.09. The predicted octanol–water partition coefficient (Wildman–Crippen LogP) is 4.17. The molecule has 0 aliphatic heterocycles. The molecule has 0 spiro atoms. The average molecular weight is 434 g/mol. The number of nitrogens with zero attached hydrogens (tertiary/aromatic N) is 3. The Balaban J connectivity index is 1.61. The minimum atomic E-state index is -0.586. The Kier molecular flexibility index (Phi) is 6.08. The molecule has 2 aromatic carbocycles. The van der Waals surface area contributed by atoms with Gasteiger partial charge in [-0.2, -0.15) is 5.26 Å². The van der Waals surface area contributed by atoms with Crippen LogP contribution in [0.3, 0.4) is 0 Å². The largest absolute Gasteiger partial charge is 0.497 e. The van der Waals surface area contributed by atoms with Gasteiger partial charge in [0, 0.05) is 18.2 Å². The summed E-state index contributed by atoms with van der Waals surface area (Å²) in [4.78, 5) is 11.9. The smallest absolute Gasteiger partial charge is 0.309 e. The molecule has 1 fully saturated rings. The van der Waals surface area contributed by atoms with Gasteiger partial charge in [0.15, 0.2) is 0 Å². The third-order valence-corrected chi connectivity index (χ3v) is 5.47. The summed E-state index contributed by atoms with van der Waals surface area (Å²) in [6.07, 6.45) is 0.790. The third kappa shape index (κ3) is 4.42. The summed E-state index contributed by atoms with van der Waals surface area (Å²) < 4.78 is 26.3. The summed E-state index contributed by atoms with van der Waals surface area (Å²) >= 11 is 0. The van der Waals surface area contributed by atoms with Gasteiger partial charge in [-0.05, 0) is 55.7 Å². The molecule has 0 unspecified atom stereocenters. The number of anilines is 1. The molecular weight excluding hydrogens is 411 g/mol. The second-order valence-electron chi connectivity index (χ2n) is 7.57. The molecule has 1 N–H and O–H groups in total. The van der Waals surface area contributed by atoms with Gasteiger partial charge in [-0.15, -0.1) is 5.10 Å². The Morgan fingerprint density at radius 2 is 2.06 bits per heavy atom. The highest BCUT2D eigenvalue weighted by atomic mass is 19.1. The monoisotopic (exact) mass is 434 g/mol. The molecule has 0 radical (unpaired) electrons. The van der Waals surface area contributed by atoms with E-state index in [2.05, 4.69) is 10.4 Å². The van der Waals surface area contributed by atoms with Crippen LogP contribution >= 0.6 is 0 Å². The number of hydrogen-bond acceptors (Lipinski definition) is 6. The van der Waals surface area contributed by atoms with Crippen LogP contribution in [0.4, 0.5) is 10.2 Å². The summed E-state index contributed by atoms with van der Waals surface area (Å²) in [5, 5.41) is 17.0. The zero-order valence-corrected chi connectivity index (χ0v) is 17.8. The lowest BCUT2D eigenvalue weighted by atomic mass is 10.1. The van der Waals surface area contributed by atoms with E-state index in [1.54, 1.807) is 24.8 Å². The van der Waals surface area contributed by atoms with Gasteiger partial charge in [0.05, 0.1) is 36.6 Å². The summed E-state index contributed by atoms with van der Waals surface area (Å²) in [6, 6.07) is 15.5. The first-order chi connectivity index (χ1) is 15.5. The van der Waals surface area contributed by atoms with Gasteiger partial charge in [-0.1, -0.05) is 6.07 Å². The van der Waals surface area contributed by atoms with Gasteiger partial charge in [-0.25, -0.2) is 9.07 Å². The van der Waals surface area contributed by atoms with E-state index in [4.69, 9.17) is 14.7 Å². The molecule has 0 amide bonds. The van der Waals surface area contributed by atoms with Gasteiger partial charge in [0.1, 0.15) is 23.5 Å². The highest BCUT2D eigenvalue weighted by Crippen LogP contribution is 2.39. The van der Waals surface area contributed by atoms with Crippen molar-refractivity contribution in [1.29, 1.82) is 5.26 Å². The van der Waals surface area contributed by atoms with E-state index in [0.29, 0.717) is 36.0 Å². The van der Waals surface area contributed by atoms with Crippen molar-refractivity contribution in [3.8, 4) is 28.8 Å². The highest BCUT2D eigenvalue weighted by molar-refractivity contribution is 5.76. The zero-order valence-electron chi connectivity index (χ0n) is 17.8. The van der Waals surface area contributed by atoms with Crippen molar-refractivity contribution in [3.63, 3.8) is 0 Å². The molecule has 4 rings (SSSR count). The number of esters is 1. The second-order valence-corrected chi connectivity index (χ2v) is 7.57. The zero-order chi connectivity index (χ0) is 22.7. The Bertz CT molecular complexity index is 1170. The molecule has 0 saturated heterocycles. The van der Waals surface area contributed by atoms with Crippen LogP contribution in [0.5, 0.6) is 5.75 Å². The number of hydrogen-bond donors (Lipinski definition) is 1. The molecule has 7 nitrogen and oxygen atoms in total. The van der Waals surface area contributed by atoms with Crippen LogP contribution in [0.25, 0.3) is 16.9 Å². The van der Waals surface area contributed by atoms with Gasteiger partial charge >= 0.3 is 5.97 Å². The van der Waals surface area contributed by atoms with Gasteiger partial charge < -0.3 is 14.8 Å². The van der Waals surface area contributed by atoms with Crippen molar-refractivity contribution in [3.05, 3.63) is 59.9 Å². The van der Waals surface area contributed by atoms with E-state index >= 15 is 0 Å². The summed E-state index contributed by atoms with van der Waals surface area (Å²) in [6.45, 7) is 2.77. The van der Waals surface area contributed by atoms with Gasteiger partial charge in [0.25, 0.3) is 0 Å². The van der Waals surface area contributed by atoms with E-state index in [-0.39, 0.29) is 23.4 Å². The fourth-order valence-electron chi connectivity index (χ4n) is 3.61. The fraction of sp³-hybridized carbons (Fsp3) is 0.292. The second kappa shape index (κ2) is 9.10. The van der Waals surface area contributed by atoms with E-state index in [0.717, 1.165) is 12.1 Å². The maximum atomic E-state index is 14.3. The molecule has 32 heavy (non-hydrogen) atoms. The summed E-state index contributed by atoms with van der Waals surface area (Å²) in [7, 11) is 1.59. The van der Waals surface area contributed by atoms with Crippen molar-refractivity contribution >= 4 is 11.8 Å². The topological polar surface area (TPSA) is 89.2 Å². The molecule has 1 heterocycles. The van der Waals surface area contributed by atoms with E-state index < -0.39 is 5.82 Å². The molecule has 1 saturated carbocycles. The highest BCUT2D eigenvalue weighted by Gasteiger charge is 2.43. The van der Waals surface area contributed by atoms with Crippen LogP contribution in [0.2, 0.25) is 0 Å². The Morgan fingerprint density at radius 1 is 1.28 bits per heavy atom. The number of halogens is 1. The van der Waals surface area contributed by atoms with Crippen molar-refractivity contribution in [1.82, 2.24) is 9.78 Å². The first-order valence-electron chi connectivity index (χ1n) is 10.4. The Labute approximate surface area is 185 Å². The van der Waals surface area contributed by atoms with Crippen LogP contribution in [0.1, 0.15) is 18.9 Å². The predicted molar refractivity (Wildman–Crippen MR) is 117 cm³/mol. The molecule has 8 heteroatoms. The maximum absolute atomic E-state index is 14.3. The third-order valence-electron chi connectivity index (χ3n) is 5.47. The summed E-state index contributed by atoms with van der Waals surface area (Å²) in [5.41, 5.74) is 2.02. The number of methoxy groups -OCH3 is 1. The number of nitriles is 1. The van der Waals surface area contributed by atoms with Crippen molar-refractivity contribution in [2.75, 3.05) is 25.6 Å². The van der Waals surface area contributed by atoms with E-state index in [1.165, 1.54) is 12.1 Å². The first kappa shape index (κ1) is 21.4. The number of aromatic nitrogens is 2. The van der Waals surface area contributed by atoms with Crippen LogP contribution in [-0.4, -0.2) is 36.0 Å². The van der Waals surface area contributed by atoms with Crippen LogP contribution < -0.4 is 10.1 Å². The van der Waals surface area contributed by atoms with E-state index in [9.17, 15) is 9.18 Å².